The number of carbonyl (C=O) groups is 1. The van der Waals surface area contributed by atoms with Crippen molar-refractivity contribution in [3.63, 3.8) is 0 Å². The second-order valence-electron chi connectivity index (χ2n) is 3.07. The first-order valence-electron chi connectivity index (χ1n) is 4.95. The summed E-state index contributed by atoms with van der Waals surface area (Å²) >= 11 is 1.23. The van der Waals surface area contributed by atoms with E-state index in [1.54, 1.807) is 13.8 Å². The Kier molecular flexibility index (Phi) is 4.73. The highest BCUT2D eigenvalue weighted by atomic mass is 32.1. The van der Waals surface area contributed by atoms with E-state index in [-0.39, 0.29) is 12.4 Å². The van der Waals surface area contributed by atoms with E-state index in [9.17, 15) is 4.79 Å². The molecule has 0 aliphatic heterocycles. The van der Waals surface area contributed by atoms with Gasteiger partial charge in [-0.2, -0.15) is 9.64 Å². The molecule has 0 aliphatic rings. The second kappa shape index (κ2) is 6.08. The van der Waals surface area contributed by atoms with Crippen molar-refractivity contribution in [3.05, 3.63) is 11.3 Å². The number of nitrogens with zero attached hydrogens (tertiary/aromatic N) is 2. The zero-order chi connectivity index (χ0) is 12.0. The fourth-order valence-electron chi connectivity index (χ4n) is 1.13. The predicted octanol–water partition coefficient (Wildman–Crippen LogP) is 1.69. The maximum atomic E-state index is 11.1. The molecule has 0 saturated carbocycles. The summed E-state index contributed by atoms with van der Waals surface area (Å²) in [6.07, 6.45) is 0.287. The molecule has 0 saturated heterocycles. The third-order valence-corrected chi connectivity index (χ3v) is 2.79. The summed E-state index contributed by atoms with van der Waals surface area (Å²) < 4.78 is 8.85. The second-order valence-corrected chi connectivity index (χ2v) is 3.84. The normalized spacial score (nSPS) is 9.56. The lowest BCUT2D eigenvalue weighted by Gasteiger charge is -2.03. The van der Waals surface area contributed by atoms with Gasteiger partial charge in [0.15, 0.2) is 0 Å². The molecule has 0 spiro atoms. The van der Waals surface area contributed by atoms with Crippen LogP contribution in [0.1, 0.15) is 24.6 Å². The Bertz CT molecular complexity index is 409. The number of ether oxygens (including phenoxy) is 1. The van der Waals surface area contributed by atoms with Crippen LogP contribution in [0.2, 0.25) is 0 Å². The number of hydrogen-bond donors (Lipinski definition) is 1. The van der Waals surface area contributed by atoms with Gasteiger partial charge in [-0.25, -0.2) is 0 Å². The van der Waals surface area contributed by atoms with E-state index >= 15 is 0 Å². The monoisotopic (exact) mass is 239 g/mol. The lowest BCUT2D eigenvalue weighted by molar-refractivity contribution is -0.142. The molecule has 1 N–H and O–H groups in total. The number of nitriles is 1. The van der Waals surface area contributed by atoms with Crippen molar-refractivity contribution < 1.29 is 9.53 Å². The molecular formula is C10H13N3O2S. The van der Waals surface area contributed by atoms with Crippen molar-refractivity contribution >= 4 is 22.5 Å². The van der Waals surface area contributed by atoms with Crippen LogP contribution in [-0.4, -0.2) is 23.5 Å². The Hall–Kier alpha value is -1.61. The van der Waals surface area contributed by atoms with Gasteiger partial charge in [0, 0.05) is 6.54 Å². The molecule has 1 rings (SSSR count). The van der Waals surface area contributed by atoms with Gasteiger partial charge in [0.1, 0.15) is 16.6 Å². The van der Waals surface area contributed by atoms with E-state index in [1.165, 1.54) is 11.5 Å². The summed E-state index contributed by atoms with van der Waals surface area (Å²) in [5, 5.41) is 12.6. The molecule has 0 amide bonds. The SMILES string of the molecule is CCOC(=O)CCNc1snc(C)c1C#N. The van der Waals surface area contributed by atoms with E-state index in [2.05, 4.69) is 15.8 Å². The molecule has 0 aromatic carbocycles. The molecule has 1 heterocycles. The van der Waals surface area contributed by atoms with Crippen molar-refractivity contribution in [2.45, 2.75) is 20.3 Å². The quantitative estimate of drug-likeness (QED) is 0.791. The van der Waals surface area contributed by atoms with Crippen LogP contribution in [0.4, 0.5) is 5.00 Å². The summed E-state index contributed by atoms with van der Waals surface area (Å²) in [6.45, 7) is 4.40. The summed E-state index contributed by atoms with van der Waals surface area (Å²) in [6, 6.07) is 2.08. The topological polar surface area (TPSA) is 75.0 Å². The minimum absolute atomic E-state index is 0.241. The van der Waals surface area contributed by atoms with Crippen LogP contribution in [0.3, 0.4) is 0 Å². The highest BCUT2D eigenvalue weighted by Crippen LogP contribution is 2.22. The smallest absolute Gasteiger partial charge is 0.307 e. The van der Waals surface area contributed by atoms with Crippen LogP contribution in [0.15, 0.2) is 0 Å². The molecular weight excluding hydrogens is 226 g/mol. The van der Waals surface area contributed by atoms with Gasteiger partial charge in [0.25, 0.3) is 0 Å². The molecule has 1 aromatic rings. The number of aromatic nitrogens is 1. The first kappa shape index (κ1) is 12.5. The van der Waals surface area contributed by atoms with Crippen molar-refractivity contribution in [1.82, 2.24) is 4.37 Å². The van der Waals surface area contributed by atoms with Crippen molar-refractivity contribution in [2.75, 3.05) is 18.5 Å². The first-order chi connectivity index (χ1) is 7.69. The standard InChI is InChI=1S/C10H13N3O2S/c1-3-15-9(14)4-5-12-10-8(6-11)7(2)13-16-10/h12H,3-5H2,1-2H3. The molecule has 6 heteroatoms. The molecule has 0 atom stereocenters. The van der Waals surface area contributed by atoms with Crippen molar-refractivity contribution in [2.24, 2.45) is 0 Å². The van der Waals surface area contributed by atoms with Crippen LogP contribution < -0.4 is 5.32 Å². The van der Waals surface area contributed by atoms with E-state index in [0.717, 1.165) is 0 Å². The lowest BCUT2D eigenvalue weighted by atomic mass is 10.3. The van der Waals surface area contributed by atoms with Gasteiger partial charge in [-0.1, -0.05) is 0 Å². The Morgan fingerprint density at radius 1 is 1.69 bits per heavy atom. The maximum absolute atomic E-state index is 11.1. The summed E-state index contributed by atoms with van der Waals surface area (Å²) in [5.74, 6) is -0.241. The maximum Gasteiger partial charge on any atom is 0.307 e. The molecule has 0 radical (unpaired) electrons. The van der Waals surface area contributed by atoms with Crippen LogP contribution in [-0.2, 0) is 9.53 Å². The summed E-state index contributed by atoms with van der Waals surface area (Å²) in [5.41, 5.74) is 1.26. The van der Waals surface area contributed by atoms with Gasteiger partial charge in [0.05, 0.1) is 18.7 Å². The minimum Gasteiger partial charge on any atom is -0.466 e. The molecule has 0 fully saturated rings. The predicted molar refractivity (Wildman–Crippen MR) is 61.3 cm³/mol. The molecule has 86 valence electrons. The van der Waals surface area contributed by atoms with E-state index in [4.69, 9.17) is 10.00 Å². The van der Waals surface area contributed by atoms with Crippen molar-refractivity contribution in [1.29, 1.82) is 5.26 Å². The zero-order valence-electron chi connectivity index (χ0n) is 9.24. The average Bonchev–Trinajstić information content (AvgIpc) is 2.60. The number of anilines is 1. The number of aryl methyl sites for hydroxylation is 1. The van der Waals surface area contributed by atoms with Gasteiger partial charge in [-0.3, -0.25) is 4.79 Å². The first-order valence-corrected chi connectivity index (χ1v) is 5.72. The van der Waals surface area contributed by atoms with Crippen LogP contribution >= 0.6 is 11.5 Å². The highest BCUT2D eigenvalue weighted by Gasteiger charge is 2.09. The molecule has 0 bridgehead atoms. The molecule has 0 unspecified atom stereocenters. The summed E-state index contributed by atoms with van der Waals surface area (Å²) in [7, 11) is 0. The Morgan fingerprint density at radius 2 is 2.44 bits per heavy atom. The number of rotatable bonds is 5. The fraction of sp³-hybridized carbons (Fsp3) is 0.500. The van der Waals surface area contributed by atoms with Gasteiger partial charge < -0.3 is 10.1 Å². The largest absolute Gasteiger partial charge is 0.466 e. The van der Waals surface area contributed by atoms with Crippen LogP contribution in [0, 0.1) is 18.3 Å². The van der Waals surface area contributed by atoms with E-state index < -0.39 is 0 Å². The Labute approximate surface area is 98.2 Å². The molecule has 0 aliphatic carbocycles. The fourth-order valence-corrected chi connectivity index (χ4v) is 1.90. The zero-order valence-corrected chi connectivity index (χ0v) is 10.1. The van der Waals surface area contributed by atoms with Crippen molar-refractivity contribution in [3.8, 4) is 6.07 Å². The van der Waals surface area contributed by atoms with Gasteiger partial charge in [-0.15, -0.1) is 0 Å². The number of nitrogens with one attached hydrogen (secondary N) is 1. The van der Waals surface area contributed by atoms with Crippen LogP contribution in [0.25, 0.3) is 0 Å². The third kappa shape index (κ3) is 3.21. The van der Waals surface area contributed by atoms with Crippen LogP contribution in [0.5, 0.6) is 0 Å². The van der Waals surface area contributed by atoms with Gasteiger partial charge in [-0.05, 0) is 25.4 Å². The lowest BCUT2D eigenvalue weighted by Crippen LogP contribution is -2.11. The van der Waals surface area contributed by atoms with E-state index in [0.29, 0.717) is 29.4 Å². The minimum atomic E-state index is -0.241. The molecule has 5 nitrogen and oxygen atoms in total. The summed E-state index contributed by atoms with van der Waals surface area (Å²) in [4.78, 5) is 11.1. The van der Waals surface area contributed by atoms with E-state index in [1.807, 2.05) is 0 Å². The molecule has 1 aromatic heterocycles. The van der Waals surface area contributed by atoms with Gasteiger partial charge >= 0.3 is 5.97 Å². The third-order valence-electron chi connectivity index (χ3n) is 1.89. The molecule has 16 heavy (non-hydrogen) atoms. The Balaban J connectivity index is 2.44. The average molecular weight is 239 g/mol. The number of hydrogen-bond acceptors (Lipinski definition) is 6. The number of carbonyl (C=O) groups excluding carboxylic acids is 1. The number of esters is 1. The highest BCUT2D eigenvalue weighted by molar-refractivity contribution is 7.10. The van der Waals surface area contributed by atoms with Gasteiger partial charge in [0.2, 0.25) is 0 Å². The Morgan fingerprint density at radius 3 is 3.06 bits per heavy atom.